The summed E-state index contributed by atoms with van der Waals surface area (Å²) >= 11 is 0. The zero-order valence-corrected chi connectivity index (χ0v) is 15.5. The molecule has 0 fully saturated rings. The Labute approximate surface area is 153 Å². The summed E-state index contributed by atoms with van der Waals surface area (Å²) in [4.78, 5) is 24.2. The number of carbonyl (C=O) groups excluding carboxylic acids is 2. The number of nitriles is 1. The summed E-state index contributed by atoms with van der Waals surface area (Å²) in [6.45, 7) is 5.77. The first kappa shape index (κ1) is 19.2. The largest absolute Gasteiger partial charge is 0.358 e. The highest BCUT2D eigenvalue weighted by atomic mass is 16.2. The topological polar surface area (TPSA) is 99.8 Å². The Bertz CT molecular complexity index is 844. The van der Waals surface area contributed by atoms with E-state index in [1.165, 1.54) is 7.05 Å². The Hall–Kier alpha value is -3.14. The van der Waals surface area contributed by atoms with E-state index in [9.17, 15) is 9.59 Å². The monoisotopic (exact) mass is 353 g/mol. The van der Waals surface area contributed by atoms with Gasteiger partial charge >= 0.3 is 0 Å². The minimum absolute atomic E-state index is 0.0202. The molecule has 1 aromatic carbocycles. The second kappa shape index (κ2) is 8.30. The lowest BCUT2D eigenvalue weighted by Gasteiger charge is -2.12. The molecule has 0 saturated heterocycles. The summed E-state index contributed by atoms with van der Waals surface area (Å²) in [5, 5.41) is 18.7. The number of rotatable bonds is 6. The fraction of sp³-hybridized carbons (Fsp3) is 0.368. The molecule has 1 heterocycles. The van der Waals surface area contributed by atoms with E-state index in [4.69, 9.17) is 5.26 Å². The van der Waals surface area contributed by atoms with Crippen molar-refractivity contribution in [3.8, 4) is 17.3 Å². The molecule has 0 aliphatic heterocycles. The van der Waals surface area contributed by atoms with Crippen LogP contribution in [0.15, 0.2) is 24.3 Å². The van der Waals surface area contributed by atoms with Crippen molar-refractivity contribution in [2.24, 2.45) is 0 Å². The molecule has 0 aliphatic carbocycles. The van der Waals surface area contributed by atoms with E-state index in [1.807, 2.05) is 32.9 Å². The average molecular weight is 353 g/mol. The Kier molecular flexibility index (Phi) is 6.12. The van der Waals surface area contributed by atoms with Crippen molar-refractivity contribution >= 4 is 11.8 Å². The van der Waals surface area contributed by atoms with Gasteiger partial charge in [-0.15, -0.1) is 0 Å². The van der Waals surface area contributed by atoms with Crippen LogP contribution in [0.2, 0.25) is 0 Å². The van der Waals surface area contributed by atoms with Crippen LogP contribution in [0, 0.1) is 11.3 Å². The minimum atomic E-state index is -0.327. The predicted octanol–water partition coefficient (Wildman–Crippen LogP) is 2.04. The molecule has 0 radical (unpaired) electrons. The van der Waals surface area contributed by atoms with Gasteiger partial charge in [0.25, 0.3) is 5.91 Å². The summed E-state index contributed by atoms with van der Waals surface area (Å²) in [7, 11) is 1.52. The fourth-order valence-corrected chi connectivity index (χ4v) is 2.69. The van der Waals surface area contributed by atoms with Crippen molar-refractivity contribution < 1.29 is 9.59 Å². The van der Waals surface area contributed by atoms with Crippen molar-refractivity contribution in [3.05, 3.63) is 41.1 Å². The van der Waals surface area contributed by atoms with Crippen LogP contribution in [0.3, 0.4) is 0 Å². The molecule has 7 heteroatoms. The van der Waals surface area contributed by atoms with Crippen LogP contribution in [0.4, 0.5) is 0 Å². The van der Waals surface area contributed by atoms with Gasteiger partial charge in [-0.1, -0.05) is 19.1 Å². The molecule has 7 nitrogen and oxygen atoms in total. The van der Waals surface area contributed by atoms with E-state index in [0.717, 1.165) is 16.8 Å². The number of aromatic nitrogens is 2. The van der Waals surface area contributed by atoms with Gasteiger partial charge < -0.3 is 10.6 Å². The molecule has 2 rings (SSSR count). The maximum absolute atomic E-state index is 12.7. The highest BCUT2D eigenvalue weighted by molar-refractivity contribution is 5.97. The standard InChI is InChI=1S/C19H23N5O2/c1-5-15-17(14-8-6-13(10-20)7-9-14)23-24(12(2)3)18(15)19(26)22-11-16(25)21-4/h6-9,12H,5,11H2,1-4H3,(H,21,25)(H,22,26). The number of carbonyl (C=O) groups is 2. The fourth-order valence-electron chi connectivity index (χ4n) is 2.69. The zero-order chi connectivity index (χ0) is 19.3. The van der Waals surface area contributed by atoms with Crippen LogP contribution in [-0.4, -0.2) is 35.2 Å². The van der Waals surface area contributed by atoms with Gasteiger partial charge in [0.1, 0.15) is 5.69 Å². The van der Waals surface area contributed by atoms with Crippen molar-refractivity contribution in [1.29, 1.82) is 5.26 Å². The molecular weight excluding hydrogens is 330 g/mol. The van der Waals surface area contributed by atoms with E-state index in [-0.39, 0.29) is 24.4 Å². The Morgan fingerprint density at radius 2 is 1.92 bits per heavy atom. The van der Waals surface area contributed by atoms with E-state index < -0.39 is 0 Å². The van der Waals surface area contributed by atoms with Gasteiger partial charge in [0, 0.05) is 24.2 Å². The van der Waals surface area contributed by atoms with E-state index in [1.54, 1.807) is 16.8 Å². The molecular formula is C19H23N5O2. The van der Waals surface area contributed by atoms with Crippen LogP contribution in [0.5, 0.6) is 0 Å². The van der Waals surface area contributed by atoms with Gasteiger partial charge in [-0.3, -0.25) is 14.3 Å². The normalized spacial score (nSPS) is 10.5. The van der Waals surface area contributed by atoms with Crippen LogP contribution < -0.4 is 10.6 Å². The quantitative estimate of drug-likeness (QED) is 0.830. The molecule has 2 amide bonds. The Morgan fingerprint density at radius 3 is 2.42 bits per heavy atom. The van der Waals surface area contributed by atoms with E-state index in [0.29, 0.717) is 17.7 Å². The first-order valence-electron chi connectivity index (χ1n) is 8.53. The lowest BCUT2D eigenvalue weighted by molar-refractivity contribution is -0.119. The molecule has 26 heavy (non-hydrogen) atoms. The van der Waals surface area contributed by atoms with Crippen LogP contribution >= 0.6 is 0 Å². The van der Waals surface area contributed by atoms with Crippen molar-refractivity contribution in [3.63, 3.8) is 0 Å². The maximum atomic E-state index is 12.7. The Morgan fingerprint density at radius 1 is 1.27 bits per heavy atom. The molecule has 0 spiro atoms. The number of nitrogens with zero attached hydrogens (tertiary/aromatic N) is 3. The van der Waals surface area contributed by atoms with Crippen LogP contribution in [-0.2, 0) is 11.2 Å². The lowest BCUT2D eigenvalue weighted by atomic mass is 10.0. The van der Waals surface area contributed by atoms with E-state index in [2.05, 4.69) is 21.8 Å². The third-order valence-corrected chi connectivity index (χ3v) is 4.04. The van der Waals surface area contributed by atoms with Gasteiger partial charge in [-0.05, 0) is 32.4 Å². The molecule has 0 aliphatic rings. The van der Waals surface area contributed by atoms with Crippen LogP contribution in [0.25, 0.3) is 11.3 Å². The molecule has 0 saturated carbocycles. The predicted molar refractivity (Wildman–Crippen MR) is 98.5 cm³/mol. The number of hydrogen-bond acceptors (Lipinski definition) is 4. The number of hydrogen-bond donors (Lipinski definition) is 2. The zero-order valence-electron chi connectivity index (χ0n) is 15.5. The highest BCUT2D eigenvalue weighted by Crippen LogP contribution is 2.28. The van der Waals surface area contributed by atoms with Gasteiger partial charge in [-0.25, -0.2) is 0 Å². The third-order valence-electron chi connectivity index (χ3n) is 4.04. The minimum Gasteiger partial charge on any atom is -0.358 e. The van der Waals surface area contributed by atoms with Crippen molar-refractivity contribution in [1.82, 2.24) is 20.4 Å². The molecule has 2 aromatic rings. The second-order valence-corrected chi connectivity index (χ2v) is 6.11. The summed E-state index contributed by atoms with van der Waals surface area (Å²) in [6.07, 6.45) is 0.616. The van der Waals surface area contributed by atoms with Crippen molar-refractivity contribution in [2.75, 3.05) is 13.6 Å². The summed E-state index contributed by atoms with van der Waals surface area (Å²) in [6, 6.07) is 9.19. The number of likely N-dealkylation sites (N-methyl/N-ethyl adjacent to an activating group) is 1. The Balaban J connectivity index is 2.49. The average Bonchev–Trinajstić information content (AvgIpc) is 3.05. The maximum Gasteiger partial charge on any atom is 0.270 e. The van der Waals surface area contributed by atoms with Gasteiger partial charge in [0.05, 0.1) is 23.9 Å². The van der Waals surface area contributed by atoms with Gasteiger partial charge in [0.15, 0.2) is 0 Å². The highest BCUT2D eigenvalue weighted by Gasteiger charge is 2.24. The molecule has 2 N–H and O–H groups in total. The molecule has 0 atom stereocenters. The molecule has 1 aromatic heterocycles. The second-order valence-electron chi connectivity index (χ2n) is 6.11. The third kappa shape index (κ3) is 3.91. The molecule has 136 valence electrons. The lowest BCUT2D eigenvalue weighted by Crippen LogP contribution is -2.36. The SMILES string of the molecule is CCc1c(-c2ccc(C#N)cc2)nn(C(C)C)c1C(=O)NCC(=O)NC. The number of benzene rings is 1. The first-order valence-corrected chi connectivity index (χ1v) is 8.53. The summed E-state index contributed by atoms with van der Waals surface area (Å²) < 4.78 is 1.69. The van der Waals surface area contributed by atoms with Crippen molar-refractivity contribution in [2.45, 2.75) is 33.2 Å². The van der Waals surface area contributed by atoms with E-state index >= 15 is 0 Å². The molecule has 0 bridgehead atoms. The number of amides is 2. The first-order chi connectivity index (χ1) is 12.4. The van der Waals surface area contributed by atoms with Gasteiger partial charge in [-0.2, -0.15) is 10.4 Å². The summed E-state index contributed by atoms with van der Waals surface area (Å²) in [5.74, 6) is -0.592. The molecule has 0 unspecified atom stereocenters. The smallest absolute Gasteiger partial charge is 0.270 e. The summed E-state index contributed by atoms with van der Waals surface area (Å²) in [5.41, 5.74) is 3.42. The number of nitrogens with one attached hydrogen (secondary N) is 2. The van der Waals surface area contributed by atoms with Gasteiger partial charge in [0.2, 0.25) is 5.91 Å². The van der Waals surface area contributed by atoms with Crippen LogP contribution in [0.1, 0.15) is 48.4 Å².